The molecule has 0 heterocycles. The summed E-state index contributed by atoms with van der Waals surface area (Å²) in [6.45, 7) is -0.660. The highest BCUT2D eigenvalue weighted by atomic mass is 35.7. The van der Waals surface area contributed by atoms with Crippen molar-refractivity contribution in [3.63, 3.8) is 0 Å². The Morgan fingerprint density at radius 1 is 1.16 bits per heavy atom. The van der Waals surface area contributed by atoms with Gasteiger partial charge in [0, 0.05) is 16.7 Å². The van der Waals surface area contributed by atoms with Gasteiger partial charge in [0.1, 0.15) is 10.6 Å². The van der Waals surface area contributed by atoms with Gasteiger partial charge in [-0.3, -0.25) is 0 Å². The Morgan fingerprint density at radius 3 is 2.21 bits per heavy atom. The van der Waals surface area contributed by atoms with Crippen LogP contribution in [0.25, 0.3) is 0 Å². The van der Waals surface area contributed by atoms with Gasteiger partial charge in [-0.1, -0.05) is 23.2 Å². The van der Waals surface area contributed by atoms with Crippen LogP contribution in [0.1, 0.15) is 6.42 Å². The number of benzene rings is 1. The topological polar surface area (TPSA) is 43.4 Å². The van der Waals surface area contributed by atoms with Crippen molar-refractivity contribution < 1.29 is 26.3 Å². The quantitative estimate of drug-likeness (QED) is 0.757. The van der Waals surface area contributed by atoms with Gasteiger partial charge in [-0.25, -0.2) is 8.42 Å². The van der Waals surface area contributed by atoms with Gasteiger partial charge in [-0.2, -0.15) is 13.2 Å². The second-order valence-corrected chi connectivity index (χ2v) is 6.71. The fourth-order valence-corrected chi connectivity index (χ4v) is 2.88. The van der Waals surface area contributed by atoms with E-state index in [1.54, 1.807) is 0 Å². The summed E-state index contributed by atoms with van der Waals surface area (Å²) in [7, 11) is 0.996. The van der Waals surface area contributed by atoms with Crippen molar-refractivity contribution in [1.29, 1.82) is 0 Å². The Bertz CT molecular complexity index is 572. The molecule has 0 aliphatic carbocycles. The second kappa shape index (κ2) is 5.95. The van der Waals surface area contributed by atoms with Crippen molar-refractivity contribution in [1.82, 2.24) is 0 Å². The normalized spacial score (nSPS) is 12.5. The first-order valence-corrected chi connectivity index (χ1v) is 7.70. The molecule has 0 unspecified atom stereocenters. The lowest BCUT2D eigenvalue weighted by Gasteiger charge is -2.11. The first kappa shape index (κ1) is 16.7. The summed E-state index contributed by atoms with van der Waals surface area (Å²) in [5.74, 6) is -0.153. The first-order valence-electron chi connectivity index (χ1n) is 4.64. The molecule has 10 heteroatoms. The van der Waals surface area contributed by atoms with E-state index in [0.29, 0.717) is 0 Å². The number of alkyl halides is 3. The molecule has 108 valence electrons. The van der Waals surface area contributed by atoms with Crippen LogP contribution in [0.15, 0.2) is 17.0 Å². The molecule has 1 aromatic carbocycles. The minimum Gasteiger partial charge on any atom is -0.492 e. The fraction of sp³-hybridized carbons (Fsp3) is 0.333. The van der Waals surface area contributed by atoms with Crippen LogP contribution in [0.2, 0.25) is 10.0 Å². The first-order chi connectivity index (χ1) is 8.50. The molecule has 0 fully saturated rings. The molecule has 1 rings (SSSR count). The minimum atomic E-state index is -4.37. The lowest BCUT2D eigenvalue weighted by molar-refractivity contribution is -0.139. The Kier molecular flexibility index (Phi) is 5.22. The van der Waals surface area contributed by atoms with E-state index in [-0.39, 0.29) is 15.8 Å². The smallest absolute Gasteiger partial charge is 0.392 e. The van der Waals surface area contributed by atoms with Crippen molar-refractivity contribution >= 4 is 42.9 Å². The Morgan fingerprint density at radius 2 is 1.74 bits per heavy atom. The zero-order valence-corrected chi connectivity index (χ0v) is 12.1. The molecular formula is C9H6Cl3F3O3S. The molecule has 0 N–H and O–H groups in total. The molecule has 0 saturated carbocycles. The maximum atomic E-state index is 11.9. The highest BCUT2D eigenvalue weighted by molar-refractivity contribution is 8.13. The molecule has 0 bridgehead atoms. The molecule has 0 radical (unpaired) electrons. The lowest BCUT2D eigenvalue weighted by atomic mass is 10.3. The number of hydrogen-bond donors (Lipinski definition) is 0. The Hall–Kier alpha value is -0.370. The summed E-state index contributed by atoms with van der Waals surface area (Å²) in [6.07, 6.45) is -5.54. The molecule has 0 aliphatic heterocycles. The van der Waals surface area contributed by atoms with Crippen LogP contribution in [0.3, 0.4) is 0 Å². The number of halogens is 6. The Balaban J connectivity index is 2.91. The van der Waals surface area contributed by atoms with E-state index < -0.39 is 33.2 Å². The minimum absolute atomic E-state index is 0.153. The molecule has 0 saturated heterocycles. The summed E-state index contributed by atoms with van der Waals surface area (Å²) >= 11 is 11.3. The van der Waals surface area contributed by atoms with Gasteiger partial charge >= 0.3 is 6.18 Å². The predicted molar refractivity (Wildman–Crippen MR) is 65.7 cm³/mol. The summed E-state index contributed by atoms with van der Waals surface area (Å²) in [5, 5.41) is -0.493. The monoisotopic (exact) mass is 356 g/mol. The average molecular weight is 358 g/mol. The number of rotatable bonds is 4. The zero-order valence-electron chi connectivity index (χ0n) is 8.97. The largest absolute Gasteiger partial charge is 0.492 e. The van der Waals surface area contributed by atoms with Crippen LogP contribution in [0, 0.1) is 0 Å². The van der Waals surface area contributed by atoms with Crippen molar-refractivity contribution in [2.75, 3.05) is 6.61 Å². The van der Waals surface area contributed by atoms with Gasteiger partial charge in [0.05, 0.1) is 23.1 Å². The van der Waals surface area contributed by atoms with Crippen molar-refractivity contribution in [3.05, 3.63) is 22.2 Å². The van der Waals surface area contributed by atoms with E-state index in [1.807, 2.05) is 0 Å². The van der Waals surface area contributed by atoms with Gasteiger partial charge < -0.3 is 4.74 Å². The highest BCUT2D eigenvalue weighted by Crippen LogP contribution is 2.35. The van der Waals surface area contributed by atoms with E-state index in [9.17, 15) is 21.6 Å². The number of ether oxygens (including phenoxy) is 1. The molecule has 0 aliphatic rings. The maximum Gasteiger partial charge on any atom is 0.392 e. The Labute approximate surface area is 121 Å². The number of hydrogen-bond acceptors (Lipinski definition) is 3. The fourth-order valence-electron chi connectivity index (χ4n) is 1.08. The van der Waals surface area contributed by atoms with Crippen molar-refractivity contribution in [3.8, 4) is 5.75 Å². The summed E-state index contributed by atoms with van der Waals surface area (Å²) < 4.78 is 62.7. The van der Waals surface area contributed by atoms with E-state index in [1.165, 1.54) is 0 Å². The maximum absolute atomic E-state index is 11.9. The lowest BCUT2D eigenvalue weighted by Crippen LogP contribution is -2.13. The van der Waals surface area contributed by atoms with Gasteiger partial charge in [-0.15, -0.1) is 0 Å². The van der Waals surface area contributed by atoms with Crippen LogP contribution in [0.5, 0.6) is 5.75 Å². The van der Waals surface area contributed by atoms with Crippen LogP contribution in [-0.2, 0) is 9.05 Å². The predicted octanol–water partition coefficient (Wildman–Crippen LogP) is 4.25. The third kappa shape index (κ3) is 5.25. The summed E-state index contributed by atoms with van der Waals surface area (Å²) in [5.41, 5.74) is 0. The van der Waals surface area contributed by atoms with Gasteiger partial charge in [0.25, 0.3) is 9.05 Å². The van der Waals surface area contributed by atoms with Crippen molar-refractivity contribution in [2.24, 2.45) is 0 Å². The van der Waals surface area contributed by atoms with Crippen LogP contribution in [0.4, 0.5) is 13.2 Å². The average Bonchev–Trinajstić information content (AvgIpc) is 2.19. The standard InChI is InChI=1S/C9H6Cl3F3O3S/c10-5-4-8(19(12,16)17)6(11)3-7(5)18-2-1-9(13,14)15/h3-4H,1-2H2. The van der Waals surface area contributed by atoms with Crippen LogP contribution >= 0.6 is 33.9 Å². The van der Waals surface area contributed by atoms with Crippen LogP contribution < -0.4 is 4.74 Å². The third-order valence-electron chi connectivity index (χ3n) is 1.89. The van der Waals surface area contributed by atoms with Crippen LogP contribution in [-0.4, -0.2) is 21.2 Å². The van der Waals surface area contributed by atoms with Crippen molar-refractivity contribution in [2.45, 2.75) is 17.5 Å². The third-order valence-corrected chi connectivity index (χ3v) is 3.97. The molecule has 0 amide bonds. The molecule has 0 spiro atoms. The summed E-state index contributed by atoms with van der Waals surface area (Å²) in [6, 6.07) is 1.91. The van der Waals surface area contributed by atoms with E-state index in [0.717, 1.165) is 12.1 Å². The summed E-state index contributed by atoms with van der Waals surface area (Å²) in [4.78, 5) is -0.441. The zero-order chi connectivity index (χ0) is 14.8. The highest BCUT2D eigenvalue weighted by Gasteiger charge is 2.27. The SMILES string of the molecule is O=S(=O)(Cl)c1cc(Cl)c(OCCC(F)(F)F)cc1Cl. The second-order valence-electron chi connectivity index (χ2n) is 3.36. The van der Waals surface area contributed by atoms with E-state index >= 15 is 0 Å². The molecule has 19 heavy (non-hydrogen) atoms. The molecule has 0 aromatic heterocycles. The molecule has 3 nitrogen and oxygen atoms in total. The van der Waals surface area contributed by atoms with E-state index in [2.05, 4.69) is 0 Å². The molecule has 0 atom stereocenters. The molecule has 1 aromatic rings. The van der Waals surface area contributed by atoms with Gasteiger partial charge in [0.2, 0.25) is 0 Å². The van der Waals surface area contributed by atoms with E-state index in [4.69, 9.17) is 38.6 Å². The molecular weight excluding hydrogens is 352 g/mol. The van der Waals surface area contributed by atoms with Gasteiger partial charge in [0.15, 0.2) is 0 Å². The van der Waals surface area contributed by atoms with Gasteiger partial charge in [-0.05, 0) is 6.07 Å².